The quantitative estimate of drug-likeness (QED) is 0.0375. The first-order valence-electron chi connectivity index (χ1n) is 26.3. The molecule has 0 aromatic rings. The Kier molecular flexibility index (Phi) is 49.9. The van der Waals surface area contributed by atoms with Crippen LogP contribution in [0.3, 0.4) is 0 Å². The van der Waals surface area contributed by atoms with Gasteiger partial charge in [-0.2, -0.15) is 0 Å². The van der Waals surface area contributed by atoms with Crippen molar-refractivity contribution in [3.05, 3.63) is 60.8 Å². The normalized spacial score (nSPS) is 12.6. The Morgan fingerprint density at radius 1 is 0.393 bits per heavy atom. The lowest BCUT2D eigenvalue weighted by molar-refractivity contribution is -0.161. The second kappa shape index (κ2) is 51.9. The number of hydrogen-bond acceptors (Lipinski definition) is 5. The number of carbonyl (C=O) groups is 2. The summed E-state index contributed by atoms with van der Waals surface area (Å²) in [5.41, 5.74) is 0. The highest BCUT2D eigenvalue weighted by Gasteiger charge is 2.16. The summed E-state index contributed by atoms with van der Waals surface area (Å²) in [5, 5.41) is 9.63. The zero-order valence-electron chi connectivity index (χ0n) is 40.4. The minimum absolute atomic E-state index is 0.0731. The Morgan fingerprint density at radius 3 is 1.07 bits per heavy atom. The van der Waals surface area contributed by atoms with Crippen LogP contribution in [0.5, 0.6) is 0 Å². The van der Waals surface area contributed by atoms with Gasteiger partial charge < -0.3 is 14.6 Å². The molecule has 0 aliphatic heterocycles. The average Bonchev–Trinajstić information content (AvgIpc) is 3.26. The van der Waals surface area contributed by atoms with Gasteiger partial charge in [-0.05, 0) is 57.8 Å². The van der Waals surface area contributed by atoms with Crippen molar-refractivity contribution in [1.29, 1.82) is 0 Å². The minimum Gasteiger partial charge on any atom is -0.462 e. The van der Waals surface area contributed by atoms with E-state index in [-0.39, 0.29) is 25.2 Å². The molecule has 0 rings (SSSR count). The number of unbranched alkanes of at least 4 members (excludes halogenated alkanes) is 30. The smallest absolute Gasteiger partial charge is 0.306 e. The number of esters is 2. The molecule has 0 bridgehead atoms. The first kappa shape index (κ1) is 58.6. The summed E-state index contributed by atoms with van der Waals surface area (Å²) in [5.74, 6) is -0.604. The molecule has 1 unspecified atom stereocenters. The van der Waals surface area contributed by atoms with Gasteiger partial charge in [0, 0.05) is 12.8 Å². The summed E-state index contributed by atoms with van der Waals surface area (Å²) in [6.45, 7) is 4.04. The van der Waals surface area contributed by atoms with Gasteiger partial charge in [0.15, 0.2) is 6.10 Å². The SMILES string of the molecule is CC/C=C\C/C=C\C/C=C\C/C=C\C/C=C\CCCCCCCC(=O)OC(CO)COC(=O)CCCCCCCCCCCCCCCCCCCCCCCCCCCC. The Hall–Kier alpha value is -2.40. The Bertz CT molecular complexity index is 1060. The van der Waals surface area contributed by atoms with Crippen molar-refractivity contribution in [2.24, 2.45) is 0 Å². The van der Waals surface area contributed by atoms with Crippen LogP contribution in [0.2, 0.25) is 0 Å². The van der Waals surface area contributed by atoms with Crippen LogP contribution < -0.4 is 0 Å². The molecule has 61 heavy (non-hydrogen) atoms. The number of ether oxygens (including phenoxy) is 2. The predicted octanol–water partition coefficient (Wildman–Crippen LogP) is 17.5. The summed E-state index contributed by atoms with van der Waals surface area (Å²) in [7, 11) is 0. The molecule has 1 atom stereocenters. The van der Waals surface area contributed by atoms with Crippen LogP contribution in [-0.2, 0) is 19.1 Å². The molecular weight excluding hydrogens is 753 g/mol. The van der Waals surface area contributed by atoms with Crippen molar-refractivity contribution in [1.82, 2.24) is 0 Å². The van der Waals surface area contributed by atoms with E-state index in [0.29, 0.717) is 12.8 Å². The van der Waals surface area contributed by atoms with Crippen LogP contribution in [0.4, 0.5) is 0 Å². The molecule has 0 aliphatic rings. The Balaban J connectivity index is 3.50. The van der Waals surface area contributed by atoms with Crippen LogP contribution >= 0.6 is 0 Å². The monoisotopic (exact) mass is 853 g/mol. The van der Waals surface area contributed by atoms with Crippen molar-refractivity contribution in [2.45, 2.75) is 270 Å². The molecule has 0 aromatic carbocycles. The molecule has 0 spiro atoms. The van der Waals surface area contributed by atoms with Crippen LogP contribution in [0.25, 0.3) is 0 Å². The maximum Gasteiger partial charge on any atom is 0.306 e. The number of aliphatic hydroxyl groups is 1. The Labute approximate surface area is 379 Å². The van der Waals surface area contributed by atoms with Crippen molar-refractivity contribution >= 4 is 11.9 Å². The maximum absolute atomic E-state index is 12.3. The highest BCUT2D eigenvalue weighted by Crippen LogP contribution is 2.17. The number of allylic oxidation sites excluding steroid dienone is 10. The number of rotatable bonds is 48. The number of carbonyl (C=O) groups excluding carboxylic acids is 2. The third-order valence-corrected chi connectivity index (χ3v) is 11.6. The highest BCUT2D eigenvalue weighted by atomic mass is 16.6. The van der Waals surface area contributed by atoms with Gasteiger partial charge in [0.1, 0.15) is 6.61 Å². The van der Waals surface area contributed by atoms with Gasteiger partial charge >= 0.3 is 11.9 Å². The molecule has 0 aliphatic carbocycles. The third kappa shape index (κ3) is 50.1. The van der Waals surface area contributed by atoms with Crippen molar-refractivity contribution in [3.8, 4) is 0 Å². The van der Waals surface area contributed by atoms with Crippen molar-refractivity contribution in [2.75, 3.05) is 13.2 Å². The summed E-state index contributed by atoms with van der Waals surface area (Å²) < 4.78 is 10.7. The standard InChI is InChI=1S/C56H100O5/c1-3-5-7-9-11-13-15-17-19-21-23-25-26-27-28-29-31-32-34-36-38-40-42-44-46-48-50-55(58)60-53-54(52-57)61-56(59)51-49-47-45-43-41-39-37-35-33-30-24-22-20-18-16-14-12-10-8-6-4-2/h6,8,12,14,18,20,24,30,35,37,54,57H,3-5,7,9-11,13,15-17,19,21-23,25-29,31-34,36,38-53H2,1-2H3/b8-6-,14-12-,20-18-,30-24-,37-35-. The first-order valence-corrected chi connectivity index (χ1v) is 26.3. The van der Waals surface area contributed by atoms with E-state index < -0.39 is 6.10 Å². The average molecular weight is 853 g/mol. The lowest BCUT2D eigenvalue weighted by atomic mass is 10.0. The van der Waals surface area contributed by atoms with Gasteiger partial charge in [0.2, 0.25) is 0 Å². The van der Waals surface area contributed by atoms with E-state index in [1.54, 1.807) is 0 Å². The molecule has 354 valence electrons. The van der Waals surface area contributed by atoms with E-state index in [1.165, 1.54) is 148 Å². The number of aliphatic hydroxyl groups excluding tert-OH is 1. The zero-order valence-corrected chi connectivity index (χ0v) is 40.4. The second-order valence-corrected chi connectivity index (χ2v) is 17.6. The molecule has 0 aromatic heterocycles. The van der Waals surface area contributed by atoms with Gasteiger partial charge in [0.25, 0.3) is 0 Å². The first-order chi connectivity index (χ1) is 30.1. The third-order valence-electron chi connectivity index (χ3n) is 11.6. The van der Waals surface area contributed by atoms with E-state index in [1.807, 2.05) is 0 Å². The second-order valence-electron chi connectivity index (χ2n) is 17.6. The van der Waals surface area contributed by atoms with Gasteiger partial charge in [0.05, 0.1) is 6.61 Å². The molecule has 1 N–H and O–H groups in total. The fourth-order valence-electron chi connectivity index (χ4n) is 7.64. The highest BCUT2D eigenvalue weighted by molar-refractivity contribution is 5.70. The molecule has 5 nitrogen and oxygen atoms in total. The topological polar surface area (TPSA) is 72.8 Å². The van der Waals surface area contributed by atoms with E-state index in [0.717, 1.165) is 89.9 Å². The lowest BCUT2D eigenvalue weighted by Gasteiger charge is -2.15. The maximum atomic E-state index is 12.3. The van der Waals surface area contributed by atoms with E-state index in [4.69, 9.17) is 9.47 Å². The lowest BCUT2D eigenvalue weighted by Crippen LogP contribution is -2.28. The van der Waals surface area contributed by atoms with E-state index in [2.05, 4.69) is 74.6 Å². The minimum atomic E-state index is -0.783. The Morgan fingerprint density at radius 2 is 0.705 bits per heavy atom. The largest absolute Gasteiger partial charge is 0.462 e. The van der Waals surface area contributed by atoms with Crippen LogP contribution in [0, 0.1) is 0 Å². The number of hydrogen-bond donors (Lipinski definition) is 1. The summed E-state index contributed by atoms with van der Waals surface area (Å²) >= 11 is 0. The van der Waals surface area contributed by atoms with Crippen molar-refractivity contribution in [3.63, 3.8) is 0 Å². The van der Waals surface area contributed by atoms with Crippen LogP contribution in [0.15, 0.2) is 60.8 Å². The zero-order chi connectivity index (χ0) is 44.2. The van der Waals surface area contributed by atoms with Gasteiger partial charge in [-0.15, -0.1) is 0 Å². The molecule has 5 heteroatoms. The molecule has 0 heterocycles. The van der Waals surface area contributed by atoms with E-state index in [9.17, 15) is 14.7 Å². The fourth-order valence-corrected chi connectivity index (χ4v) is 7.64. The van der Waals surface area contributed by atoms with E-state index >= 15 is 0 Å². The van der Waals surface area contributed by atoms with Crippen molar-refractivity contribution < 1.29 is 24.2 Å². The van der Waals surface area contributed by atoms with Gasteiger partial charge in [-0.25, -0.2) is 0 Å². The molecular formula is C56H100O5. The van der Waals surface area contributed by atoms with Gasteiger partial charge in [-0.3, -0.25) is 9.59 Å². The van der Waals surface area contributed by atoms with Crippen LogP contribution in [0.1, 0.15) is 264 Å². The predicted molar refractivity (Wildman–Crippen MR) is 265 cm³/mol. The molecule has 0 saturated carbocycles. The summed E-state index contributed by atoms with van der Waals surface area (Å²) in [6, 6.07) is 0. The van der Waals surface area contributed by atoms with Gasteiger partial charge in [-0.1, -0.05) is 254 Å². The summed E-state index contributed by atoms with van der Waals surface area (Å²) in [4.78, 5) is 24.5. The molecule has 0 fully saturated rings. The molecule has 0 saturated heterocycles. The van der Waals surface area contributed by atoms with Crippen LogP contribution in [-0.4, -0.2) is 36.4 Å². The fraction of sp³-hybridized carbons (Fsp3) is 0.786. The molecule has 0 amide bonds. The summed E-state index contributed by atoms with van der Waals surface area (Å²) in [6.07, 6.45) is 69.0. The molecule has 0 radical (unpaired) electrons.